The average molecular weight is 266 g/mol. The van der Waals surface area contributed by atoms with Crippen LogP contribution in [-0.2, 0) is 10.2 Å². The molecule has 1 aliphatic rings. The van der Waals surface area contributed by atoms with E-state index in [0.717, 1.165) is 12.1 Å². The molecular formula is C13H22N4O2. The van der Waals surface area contributed by atoms with Crippen LogP contribution in [0.15, 0.2) is 6.07 Å². The minimum Gasteiger partial charge on any atom is -0.444 e. The van der Waals surface area contributed by atoms with E-state index in [4.69, 9.17) is 10.5 Å². The topological polar surface area (TPSA) is 84.2 Å². The molecule has 1 aromatic heterocycles. The number of anilines is 1. The quantitative estimate of drug-likeness (QED) is 0.813. The van der Waals surface area contributed by atoms with Crippen molar-refractivity contribution in [1.82, 2.24) is 15.1 Å². The molecule has 0 saturated carbocycles. The summed E-state index contributed by atoms with van der Waals surface area (Å²) in [5.41, 5.74) is 6.00. The molecule has 1 fully saturated rings. The summed E-state index contributed by atoms with van der Waals surface area (Å²) in [6, 6.07) is 1.83. The van der Waals surface area contributed by atoms with Crippen LogP contribution in [0.5, 0.6) is 0 Å². The number of carbonyl (C=O) groups is 1. The number of hydrogen-bond donors (Lipinski definition) is 2. The molecular weight excluding hydrogens is 244 g/mol. The van der Waals surface area contributed by atoms with Crippen LogP contribution in [0.3, 0.4) is 0 Å². The third kappa shape index (κ3) is 3.00. The molecule has 19 heavy (non-hydrogen) atoms. The first-order chi connectivity index (χ1) is 8.70. The number of nitrogen functional groups attached to an aromatic ring is 1. The fourth-order valence-corrected chi connectivity index (χ4v) is 2.31. The van der Waals surface area contributed by atoms with E-state index >= 15 is 0 Å². The summed E-state index contributed by atoms with van der Waals surface area (Å²) in [6.07, 6.45) is 0.608. The molecule has 0 bridgehead atoms. The van der Waals surface area contributed by atoms with Gasteiger partial charge in [0, 0.05) is 30.3 Å². The van der Waals surface area contributed by atoms with Gasteiger partial charge in [-0.1, -0.05) is 6.92 Å². The average Bonchev–Trinajstić information content (AvgIpc) is 2.83. The highest BCUT2D eigenvalue weighted by Gasteiger charge is 2.40. The number of nitrogens with zero attached hydrogens (tertiary/aromatic N) is 2. The summed E-state index contributed by atoms with van der Waals surface area (Å²) in [4.78, 5) is 13.8. The summed E-state index contributed by atoms with van der Waals surface area (Å²) in [7, 11) is 0. The van der Waals surface area contributed by atoms with Gasteiger partial charge in [0.1, 0.15) is 11.4 Å². The molecule has 1 aliphatic heterocycles. The smallest absolute Gasteiger partial charge is 0.410 e. The van der Waals surface area contributed by atoms with Crippen molar-refractivity contribution in [2.24, 2.45) is 0 Å². The predicted molar refractivity (Wildman–Crippen MR) is 72.8 cm³/mol. The number of rotatable bonds is 1. The Bertz CT molecular complexity index is 477. The number of ether oxygens (including phenoxy) is 1. The SMILES string of the molecule is CC(C)(C)OC(=O)N1CCC(C)(c2cc(N)n[nH]2)C1. The second-order valence-electron chi connectivity index (χ2n) is 6.42. The molecule has 2 heterocycles. The number of amides is 1. The van der Waals surface area contributed by atoms with Gasteiger partial charge in [-0.3, -0.25) is 5.10 Å². The third-order valence-electron chi connectivity index (χ3n) is 3.37. The van der Waals surface area contributed by atoms with Crippen molar-refractivity contribution in [1.29, 1.82) is 0 Å². The van der Waals surface area contributed by atoms with E-state index in [1.807, 2.05) is 26.8 Å². The molecule has 0 aliphatic carbocycles. The summed E-state index contributed by atoms with van der Waals surface area (Å²) in [5, 5.41) is 6.90. The van der Waals surface area contributed by atoms with Crippen LogP contribution in [0.1, 0.15) is 39.8 Å². The Morgan fingerprint density at radius 1 is 1.58 bits per heavy atom. The molecule has 1 unspecified atom stereocenters. The Kier molecular flexibility index (Phi) is 3.20. The molecule has 1 aromatic rings. The van der Waals surface area contributed by atoms with E-state index in [-0.39, 0.29) is 11.5 Å². The zero-order chi connectivity index (χ0) is 14.3. The van der Waals surface area contributed by atoms with Gasteiger partial charge in [0.2, 0.25) is 0 Å². The number of carbonyl (C=O) groups excluding carboxylic acids is 1. The maximum Gasteiger partial charge on any atom is 0.410 e. The second-order valence-corrected chi connectivity index (χ2v) is 6.42. The highest BCUT2D eigenvalue weighted by atomic mass is 16.6. The molecule has 6 heteroatoms. The van der Waals surface area contributed by atoms with Gasteiger partial charge in [0.05, 0.1) is 0 Å². The first kappa shape index (κ1) is 13.7. The Morgan fingerprint density at radius 2 is 2.26 bits per heavy atom. The minimum absolute atomic E-state index is 0.137. The van der Waals surface area contributed by atoms with Crippen molar-refractivity contribution < 1.29 is 9.53 Å². The van der Waals surface area contributed by atoms with E-state index in [2.05, 4.69) is 17.1 Å². The largest absolute Gasteiger partial charge is 0.444 e. The Morgan fingerprint density at radius 3 is 2.79 bits per heavy atom. The number of nitrogens with two attached hydrogens (primary N) is 1. The molecule has 1 amide bonds. The number of likely N-dealkylation sites (tertiary alicyclic amines) is 1. The van der Waals surface area contributed by atoms with Crippen LogP contribution in [-0.4, -0.2) is 39.9 Å². The van der Waals surface area contributed by atoms with Gasteiger partial charge in [0.15, 0.2) is 0 Å². The van der Waals surface area contributed by atoms with Crippen LogP contribution in [0.2, 0.25) is 0 Å². The second kappa shape index (κ2) is 4.43. The number of aromatic amines is 1. The summed E-state index contributed by atoms with van der Waals surface area (Å²) in [6.45, 7) is 9.01. The molecule has 0 spiro atoms. The van der Waals surface area contributed by atoms with Gasteiger partial charge >= 0.3 is 6.09 Å². The zero-order valence-corrected chi connectivity index (χ0v) is 12.0. The van der Waals surface area contributed by atoms with Gasteiger partial charge < -0.3 is 15.4 Å². The number of aromatic nitrogens is 2. The van der Waals surface area contributed by atoms with Crippen molar-refractivity contribution in [3.63, 3.8) is 0 Å². The molecule has 3 N–H and O–H groups in total. The predicted octanol–water partition coefficient (Wildman–Crippen LogP) is 1.89. The lowest BCUT2D eigenvalue weighted by Gasteiger charge is -2.26. The standard InChI is InChI=1S/C13H22N4O2/c1-12(2,3)19-11(18)17-6-5-13(4,8-17)9-7-10(14)16-15-9/h7H,5-6,8H2,1-4H3,(H3,14,15,16). The van der Waals surface area contributed by atoms with Crippen LogP contribution in [0.4, 0.5) is 10.6 Å². The van der Waals surface area contributed by atoms with Gasteiger partial charge in [-0.25, -0.2) is 4.79 Å². The van der Waals surface area contributed by atoms with Crippen molar-refractivity contribution in [2.45, 2.75) is 45.1 Å². The number of hydrogen-bond acceptors (Lipinski definition) is 4. The molecule has 0 aromatic carbocycles. The van der Waals surface area contributed by atoms with Gasteiger partial charge in [-0.15, -0.1) is 0 Å². The van der Waals surface area contributed by atoms with E-state index in [9.17, 15) is 4.79 Å². The number of H-pyrrole nitrogens is 1. The van der Waals surface area contributed by atoms with Crippen LogP contribution in [0, 0.1) is 0 Å². The Labute approximate surface area is 113 Å². The highest BCUT2D eigenvalue weighted by Crippen LogP contribution is 2.34. The monoisotopic (exact) mass is 266 g/mol. The lowest BCUT2D eigenvalue weighted by Crippen LogP contribution is -2.37. The first-order valence-corrected chi connectivity index (χ1v) is 6.49. The fourth-order valence-electron chi connectivity index (χ4n) is 2.31. The molecule has 106 valence electrons. The van der Waals surface area contributed by atoms with Crippen LogP contribution >= 0.6 is 0 Å². The fraction of sp³-hybridized carbons (Fsp3) is 0.692. The first-order valence-electron chi connectivity index (χ1n) is 6.49. The molecule has 0 radical (unpaired) electrons. The van der Waals surface area contributed by atoms with Crippen LogP contribution in [0.25, 0.3) is 0 Å². The van der Waals surface area contributed by atoms with Crippen molar-refractivity contribution in [3.8, 4) is 0 Å². The van der Waals surface area contributed by atoms with Crippen LogP contribution < -0.4 is 5.73 Å². The lowest BCUT2D eigenvalue weighted by molar-refractivity contribution is 0.0285. The van der Waals surface area contributed by atoms with Crippen molar-refractivity contribution in [3.05, 3.63) is 11.8 Å². The lowest BCUT2D eigenvalue weighted by atomic mass is 9.86. The third-order valence-corrected chi connectivity index (χ3v) is 3.37. The van der Waals surface area contributed by atoms with Gasteiger partial charge in [-0.05, 0) is 27.2 Å². The summed E-state index contributed by atoms with van der Waals surface area (Å²) >= 11 is 0. The van der Waals surface area contributed by atoms with Crippen molar-refractivity contribution in [2.75, 3.05) is 18.8 Å². The summed E-state index contributed by atoms with van der Waals surface area (Å²) < 4.78 is 5.39. The molecule has 1 saturated heterocycles. The Balaban J connectivity index is 2.05. The van der Waals surface area contributed by atoms with Gasteiger partial charge in [0.25, 0.3) is 0 Å². The van der Waals surface area contributed by atoms with Gasteiger partial charge in [-0.2, -0.15) is 5.10 Å². The summed E-state index contributed by atoms with van der Waals surface area (Å²) in [5.74, 6) is 0.479. The number of nitrogens with one attached hydrogen (secondary N) is 1. The minimum atomic E-state index is -0.464. The highest BCUT2D eigenvalue weighted by molar-refractivity contribution is 5.69. The maximum absolute atomic E-state index is 12.0. The van der Waals surface area contributed by atoms with E-state index in [1.165, 1.54) is 0 Å². The normalized spacial score (nSPS) is 23.7. The van der Waals surface area contributed by atoms with E-state index in [0.29, 0.717) is 18.9 Å². The van der Waals surface area contributed by atoms with E-state index in [1.54, 1.807) is 4.90 Å². The molecule has 1 atom stereocenters. The molecule has 2 rings (SSSR count). The maximum atomic E-state index is 12.0. The molecule has 6 nitrogen and oxygen atoms in total. The zero-order valence-electron chi connectivity index (χ0n) is 12.0. The van der Waals surface area contributed by atoms with Crippen molar-refractivity contribution >= 4 is 11.9 Å². The van der Waals surface area contributed by atoms with E-state index < -0.39 is 5.60 Å². The Hall–Kier alpha value is -1.72.